The topological polar surface area (TPSA) is 92.2 Å². The van der Waals surface area contributed by atoms with Gasteiger partial charge in [0, 0.05) is 72.2 Å². The number of halogens is 2. The Morgan fingerprint density at radius 1 is 0.604 bits per heavy atom. The van der Waals surface area contributed by atoms with Crippen LogP contribution in [0, 0.1) is 23.7 Å². The summed E-state index contributed by atoms with van der Waals surface area (Å²) in [5.74, 6) is 12.1. The van der Waals surface area contributed by atoms with E-state index in [1.54, 1.807) is 58.9 Å². The molecule has 0 radical (unpaired) electrons. The first-order valence-corrected chi connectivity index (χ1v) is 16.2. The summed E-state index contributed by atoms with van der Waals surface area (Å²) >= 11 is 11.7. The van der Waals surface area contributed by atoms with E-state index in [1.807, 2.05) is 38.4 Å². The Balaban J connectivity index is 0.000000188. The fourth-order valence-electron chi connectivity index (χ4n) is 5.59. The Labute approximate surface area is 291 Å². The zero-order valence-electron chi connectivity index (χ0n) is 27.8. The molecule has 6 rings (SSSR count). The van der Waals surface area contributed by atoms with Crippen molar-refractivity contribution < 1.29 is 9.59 Å². The minimum Gasteiger partial charge on any atom is -0.340 e. The summed E-state index contributed by atoms with van der Waals surface area (Å²) in [6.45, 7) is 8.30. The number of likely N-dealkylation sites (N-methyl/N-ethyl adjacent to an activating group) is 2. The maximum atomic E-state index is 12.4. The standard InChI is InChI=1S/2C19H18ClN3O/c2*1-19(2)11-15(18(24)23(19)3)16-7-6-14(12-22-16)5-4-13-8-9-21-17(20)10-13/h2*6-10,12,15H,11H2,1-3H3/t2*15-/m10/s1. The molecule has 2 atom stereocenters. The molecular weight excluding hydrogens is 643 g/mol. The lowest BCUT2D eigenvalue weighted by atomic mass is 9.93. The predicted octanol–water partition coefficient (Wildman–Crippen LogP) is 6.51. The smallest absolute Gasteiger partial charge is 0.231 e. The lowest BCUT2D eigenvalue weighted by Crippen LogP contribution is -2.37. The molecule has 2 amide bonds. The maximum absolute atomic E-state index is 12.4. The van der Waals surface area contributed by atoms with Gasteiger partial charge >= 0.3 is 0 Å². The Kier molecular flexibility index (Phi) is 10.2. The average Bonchev–Trinajstić information content (AvgIpc) is 3.41. The minimum atomic E-state index is -0.175. The number of pyridine rings is 4. The van der Waals surface area contributed by atoms with Gasteiger partial charge in [-0.15, -0.1) is 0 Å². The van der Waals surface area contributed by atoms with Crippen LogP contribution in [0.25, 0.3) is 0 Å². The van der Waals surface area contributed by atoms with Crippen molar-refractivity contribution in [2.24, 2.45) is 0 Å². The van der Waals surface area contributed by atoms with E-state index in [2.05, 4.69) is 71.3 Å². The van der Waals surface area contributed by atoms with E-state index < -0.39 is 0 Å². The fraction of sp³-hybridized carbons (Fsp3) is 0.316. The molecule has 10 heteroatoms. The van der Waals surface area contributed by atoms with E-state index in [0.717, 1.165) is 46.5 Å². The maximum Gasteiger partial charge on any atom is 0.231 e. The van der Waals surface area contributed by atoms with Crippen LogP contribution in [0.15, 0.2) is 73.3 Å². The highest BCUT2D eigenvalue weighted by molar-refractivity contribution is 6.29. The zero-order chi connectivity index (χ0) is 34.6. The fourth-order valence-corrected chi connectivity index (χ4v) is 5.94. The first-order chi connectivity index (χ1) is 22.7. The van der Waals surface area contributed by atoms with E-state index in [4.69, 9.17) is 23.2 Å². The molecule has 4 aromatic heterocycles. The van der Waals surface area contributed by atoms with Crippen molar-refractivity contribution in [2.75, 3.05) is 14.1 Å². The number of carbonyl (C=O) groups is 2. The molecule has 2 fully saturated rings. The number of nitrogens with zero attached hydrogens (tertiary/aromatic N) is 6. The second-order valence-corrected chi connectivity index (χ2v) is 13.9. The van der Waals surface area contributed by atoms with Crippen LogP contribution in [0.5, 0.6) is 0 Å². The molecule has 0 spiro atoms. The molecule has 8 nitrogen and oxygen atoms in total. The van der Waals surface area contributed by atoms with Gasteiger partial charge in [0.05, 0.1) is 23.2 Å². The third kappa shape index (κ3) is 8.02. The summed E-state index contributed by atoms with van der Waals surface area (Å²) in [6.07, 6.45) is 8.22. The third-order valence-electron chi connectivity index (χ3n) is 8.92. The number of amides is 2. The second-order valence-electron chi connectivity index (χ2n) is 13.1. The van der Waals surface area contributed by atoms with Gasteiger partial charge < -0.3 is 9.80 Å². The van der Waals surface area contributed by atoms with Gasteiger partial charge in [0.1, 0.15) is 10.3 Å². The molecule has 0 N–H and O–H groups in total. The van der Waals surface area contributed by atoms with Crippen LogP contribution in [0.3, 0.4) is 0 Å². The van der Waals surface area contributed by atoms with E-state index in [1.165, 1.54) is 0 Å². The monoisotopic (exact) mass is 678 g/mol. The normalized spacial score (nSPS) is 19.1. The van der Waals surface area contributed by atoms with E-state index in [-0.39, 0.29) is 34.7 Å². The Hall–Kier alpha value is -4.76. The van der Waals surface area contributed by atoms with Crippen LogP contribution < -0.4 is 0 Å². The summed E-state index contributed by atoms with van der Waals surface area (Å²) in [7, 11) is 3.70. The van der Waals surface area contributed by atoms with E-state index >= 15 is 0 Å². The molecule has 48 heavy (non-hydrogen) atoms. The number of aromatic nitrogens is 4. The van der Waals surface area contributed by atoms with Crippen molar-refractivity contribution >= 4 is 35.0 Å². The number of hydrogen-bond acceptors (Lipinski definition) is 6. The van der Waals surface area contributed by atoms with Gasteiger partial charge in [-0.1, -0.05) is 46.9 Å². The van der Waals surface area contributed by atoms with Crippen LogP contribution in [-0.2, 0) is 9.59 Å². The third-order valence-corrected chi connectivity index (χ3v) is 9.34. The van der Waals surface area contributed by atoms with Crippen LogP contribution >= 0.6 is 23.2 Å². The lowest BCUT2D eigenvalue weighted by molar-refractivity contribution is -0.131. The largest absolute Gasteiger partial charge is 0.340 e. The number of carbonyl (C=O) groups excluding carboxylic acids is 2. The molecule has 0 saturated carbocycles. The van der Waals surface area contributed by atoms with Crippen LogP contribution in [0.1, 0.15) is 86.0 Å². The van der Waals surface area contributed by atoms with E-state index in [9.17, 15) is 9.59 Å². The predicted molar refractivity (Wildman–Crippen MR) is 187 cm³/mol. The molecule has 2 aliphatic rings. The van der Waals surface area contributed by atoms with Crippen LogP contribution in [-0.4, -0.2) is 66.7 Å². The number of rotatable bonds is 2. The molecule has 0 bridgehead atoms. The molecule has 0 unspecified atom stereocenters. The zero-order valence-corrected chi connectivity index (χ0v) is 29.3. The Morgan fingerprint density at radius 2 is 0.979 bits per heavy atom. The summed E-state index contributed by atoms with van der Waals surface area (Å²) in [4.78, 5) is 45.1. The number of likely N-dealkylation sites (tertiary alicyclic amines) is 2. The van der Waals surface area contributed by atoms with Gasteiger partial charge in [0.2, 0.25) is 11.8 Å². The van der Waals surface area contributed by atoms with E-state index in [0.29, 0.717) is 10.3 Å². The van der Waals surface area contributed by atoms with Crippen molar-refractivity contribution in [3.63, 3.8) is 0 Å². The van der Waals surface area contributed by atoms with Gasteiger partial charge in [0.25, 0.3) is 0 Å². The molecule has 244 valence electrons. The number of hydrogen-bond donors (Lipinski definition) is 0. The molecule has 4 aromatic rings. The van der Waals surface area contributed by atoms with Gasteiger partial charge in [0.15, 0.2) is 0 Å². The molecule has 6 heterocycles. The Bertz CT molecular complexity index is 1810. The van der Waals surface area contributed by atoms with Crippen molar-refractivity contribution in [1.82, 2.24) is 29.7 Å². The lowest BCUT2D eigenvalue weighted by Gasteiger charge is -2.26. The summed E-state index contributed by atoms with van der Waals surface area (Å²) in [5, 5.41) is 0.837. The SMILES string of the molecule is CN1C(=O)[C@@H](c2ccc(C#Cc3ccnc(Cl)c3)cn2)CC1(C)C.CN1C(=O)[C@H](c2ccc(C#Cc3ccnc(Cl)c3)cn2)CC1(C)C. The molecule has 2 aliphatic heterocycles. The van der Waals surface area contributed by atoms with Crippen LogP contribution in [0.4, 0.5) is 0 Å². The Morgan fingerprint density at radius 3 is 1.27 bits per heavy atom. The highest BCUT2D eigenvalue weighted by Gasteiger charge is 2.44. The van der Waals surface area contributed by atoms with Gasteiger partial charge in [-0.2, -0.15) is 0 Å². The van der Waals surface area contributed by atoms with Crippen molar-refractivity contribution in [1.29, 1.82) is 0 Å². The highest BCUT2D eigenvalue weighted by atomic mass is 35.5. The first kappa shape index (κ1) is 34.6. The van der Waals surface area contributed by atoms with Crippen molar-refractivity contribution in [2.45, 2.75) is 63.5 Å². The summed E-state index contributed by atoms with van der Waals surface area (Å²) in [5.41, 5.74) is 4.52. The molecule has 0 aromatic carbocycles. The summed E-state index contributed by atoms with van der Waals surface area (Å²) < 4.78 is 0. The highest BCUT2D eigenvalue weighted by Crippen LogP contribution is 2.38. The van der Waals surface area contributed by atoms with Crippen molar-refractivity contribution in [3.05, 3.63) is 117 Å². The minimum absolute atomic E-state index is 0.123. The summed E-state index contributed by atoms with van der Waals surface area (Å²) in [6, 6.07) is 14.6. The molecule has 0 aliphatic carbocycles. The van der Waals surface area contributed by atoms with Crippen LogP contribution in [0.2, 0.25) is 10.3 Å². The quantitative estimate of drug-likeness (QED) is 0.177. The van der Waals surface area contributed by atoms with Crippen molar-refractivity contribution in [3.8, 4) is 23.7 Å². The van der Waals surface area contributed by atoms with Gasteiger partial charge in [-0.25, -0.2) is 9.97 Å². The second kappa shape index (κ2) is 14.2. The first-order valence-electron chi connectivity index (χ1n) is 15.5. The van der Waals surface area contributed by atoms with Gasteiger partial charge in [-0.3, -0.25) is 19.6 Å². The molecular formula is C38H36Cl2N6O2. The molecule has 2 saturated heterocycles. The van der Waals surface area contributed by atoms with Gasteiger partial charge in [-0.05, 0) is 89.1 Å². The average molecular weight is 680 g/mol.